The average molecular weight is 181 g/mol. The SMILES string of the molecule is C=CCN1CC(N2CCNCC2)C1. The molecule has 0 unspecified atom stereocenters. The molecular formula is C10H19N3. The van der Waals surface area contributed by atoms with Gasteiger partial charge in [0.1, 0.15) is 0 Å². The summed E-state index contributed by atoms with van der Waals surface area (Å²) in [5.41, 5.74) is 0. The van der Waals surface area contributed by atoms with E-state index in [1.165, 1.54) is 26.2 Å². The van der Waals surface area contributed by atoms with Crippen LogP contribution in [0, 0.1) is 0 Å². The molecule has 1 N–H and O–H groups in total. The molecule has 3 heteroatoms. The zero-order valence-electron chi connectivity index (χ0n) is 8.21. The summed E-state index contributed by atoms with van der Waals surface area (Å²) in [5, 5.41) is 3.38. The van der Waals surface area contributed by atoms with Crippen molar-refractivity contribution < 1.29 is 0 Å². The highest BCUT2D eigenvalue weighted by Crippen LogP contribution is 2.14. The largest absolute Gasteiger partial charge is 0.314 e. The lowest BCUT2D eigenvalue weighted by molar-refractivity contribution is 0.0350. The molecule has 2 fully saturated rings. The molecule has 74 valence electrons. The van der Waals surface area contributed by atoms with Crippen LogP contribution in [0.1, 0.15) is 0 Å². The van der Waals surface area contributed by atoms with Crippen molar-refractivity contribution in [1.82, 2.24) is 15.1 Å². The summed E-state index contributed by atoms with van der Waals surface area (Å²) in [6, 6.07) is 0.821. The molecule has 0 atom stereocenters. The van der Waals surface area contributed by atoms with Gasteiger partial charge in [-0.1, -0.05) is 6.08 Å². The first-order valence-electron chi connectivity index (χ1n) is 5.18. The van der Waals surface area contributed by atoms with Gasteiger partial charge in [0.2, 0.25) is 0 Å². The van der Waals surface area contributed by atoms with Gasteiger partial charge >= 0.3 is 0 Å². The lowest BCUT2D eigenvalue weighted by atomic mass is 10.1. The van der Waals surface area contributed by atoms with Crippen LogP contribution in [-0.2, 0) is 0 Å². The van der Waals surface area contributed by atoms with Crippen molar-refractivity contribution in [1.29, 1.82) is 0 Å². The molecule has 0 aromatic heterocycles. The average Bonchev–Trinajstić information content (AvgIpc) is 2.12. The molecule has 0 aromatic carbocycles. The van der Waals surface area contributed by atoms with Crippen molar-refractivity contribution in [2.45, 2.75) is 6.04 Å². The summed E-state index contributed by atoms with van der Waals surface area (Å²) in [7, 11) is 0. The van der Waals surface area contributed by atoms with E-state index in [0.29, 0.717) is 0 Å². The Kier molecular flexibility index (Phi) is 2.98. The third-order valence-electron chi connectivity index (χ3n) is 2.99. The van der Waals surface area contributed by atoms with Crippen molar-refractivity contribution in [2.24, 2.45) is 0 Å². The summed E-state index contributed by atoms with van der Waals surface area (Å²) >= 11 is 0. The number of hydrogen-bond donors (Lipinski definition) is 1. The lowest BCUT2D eigenvalue weighted by Crippen LogP contribution is -2.62. The first-order valence-corrected chi connectivity index (χ1v) is 5.18. The monoisotopic (exact) mass is 181 g/mol. The maximum absolute atomic E-state index is 3.75. The summed E-state index contributed by atoms with van der Waals surface area (Å²) in [6.45, 7) is 12.1. The molecule has 0 amide bonds. The van der Waals surface area contributed by atoms with Crippen molar-refractivity contribution in [3.8, 4) is 0 Å². The molecule has 2 aliphatic rings. The van der Waals surface area contributed by atoms with E-state index in [2.05, 4.69) is 21.7 Å². The van der Waals surface area contributed by atoms with Gasteiger partial charge in [-0.25, -0.2) is 0 Å². The lowest BCUT2D eigenvalue weighted by Gasteiger charge is -2.46. The van der Waals surface area contributed by atoms with Crippen LogP contribution in [0.2, 0.25) is 0 Å². The number of nitrogens with one attached hydrogen (secondary N) is 1. The van der Waals surface area contributed by atoms with Crippen molar-refractivity contribution >= 4 is 0 Å². The van der Waals surface area contributed by atoms with Gasteiger partial charge in [0.25, 0.3) is 0 Å². The third kappa shape index (κ3) is 2.10. The smallest absolute Gasteiger partial charge is 0.0351 e. The van der Waals surface area contributed by atoms with Crippen LogP contribution in [0.5, 0.6) is 0 Å². The quantitative estimate of drug-likeness (QED) is 0.606. The Balaban J connectivity index is 1.69. The summed E-state index contributed by atoms with van der Waals surface area (Å²) in [5.74, 6) is 0. The Morgan fingerprint density at radius 1 is 1.31 bits per heavy atom. The first kappa shape index (κ1) is 9.19. The van der Waals surface area contributed by atoms with Gasteiger partial charge in [0.05, 0.1) is 0 Å². The topological polar surface area (TPSA) is 18.5 Å². The zero-order chi connectivity index (χ0) is 9.10. The van der Waals surface area contributed by atoms with Crippen LogP contribution >= 0.6 is 0 Å². The number of rotatable bonds is 3. The number of piperazine rings is 1. The number of likely N-dealkylation sites (tertiary alicyclic amines) is 1. The van der Waals surface area contributed by atoms with Crippen molar-refractivity contribution in [3.05, 3.63) is 12.7 Å². The van der Waals surface area contributed by atoms with Gasteiger partial charge in [-0.3, -0.25) is 9.80 Å². The predicted octanol–water partition coefficient (Wildman–Crippen LogP) is -0.238. The van der Waals surface area contributed by atoms with E-state index in [1.807, 2.05) is 6.08 Å². The fourth-order valence-electron chi connectivity index (χ4n) is 2.15. The molecule has 2 heterocycles. The fourth-order valence-corrected chi connectivity index (χ4v) is 2.15. The Labute approximate surface area is 80.4 Å². The zero-order valence-corrected chi connectivity index (χ0v) is 8.21. The van der Waals surface area contributed by atoms with Crippen LogP contribution in [0.4, 0.5) is 0 Å². The summed E-state index contributed by atoms with van der Waals surface area (Å²) in [6.07, 6.45) is 1.99. The molecular weight excluding hydrogens is 162 g/mol. The second-order valence-electron chi connectivity index (χ2n) is 3.95. The van der Waals surface area contributed by atoms with E-state index in [9.17, 15) is 0 Å². The van der Waals surface area contributed by atoms with E-state index in [4.69, 9.17) is 0 Å². The molecule has 0 aliphatic carbocycles. The van der Waals surface area contributed by atoms with Gasteiger partial charge in [-0.05, 0) is 0 Å². The van der Waals surface area contributed by atoms with E-state index < -0.39 is 0 Å². The first-order chi connectivity index (χ1) is 6.40. The minimum Gasteiger partial charge on any atom is -0.314 e. The van der Waals surface area contributed by atoms with Crippen LogP contribution < -0.4 is 5.32 Å². The maximum Gasteiger partial charge on any atom is 0.0351 e. The van der Waals surface area contributed by atoms with E-state index in [1.54, 1.807) is 0 Å². The molecule has 0 radical (unpaired) electrons. The highest BCUT2D eigenvalue weighted by atomic mass is 15.3. The highest BCUT2D eigenvalue weighted by Gasteiger charge is 2.30. The maximum atomic E-state index is 3.75. The fraction of sp³-hybridized carbons (Fsp3) is 0.800. The van der Waals surface area contributed by atoms with Gasteiger partial charge in [-0.2, -0.15) is 0 Å². The van der Waals surface area contributed by atoms with Crippen LogP contribution in [0.15, 0.2) is 12.7 Å². The van der Waals surface area contributed by atoms with Crippen LogP contribution in [0.3, 0.4) is 0 Å². The number of hydrogen-bond acceptors (Lipinski definition) is 3. The second kappa shape index (κ2) is 4.22. The number of nitrogens with zero attached hydrogens (tertiary/aromatic N) is 2. The van der Waals surface area contributed by atoms with Crippen LogP contribution in [0.25, 0.3) is 0 Å². The molecule has 2 saturated heterocycles. The van der Waals surface area contributed by atoms with Crippen molar-refractivity contribution in [3.63, 3.8) is 0 Å². The molecule has 3 nitrogen and oxygen atoms in total. The summed E-state index contributed by atoms with van der Waals surface area (Å²) < 4.78 is 0. The molecule has 0 saturated carbocycles. The molecule has 13 heavy (non-hydrogen) atoms. The van der Waals surface area contributed by atoms with Gasteiger partial charge in [-0.15, -0.1) is 6.58 Å². The van der Waals surface area contributed by atoms with Crippen molar-refractivity contribution in [2.75, 3.05) is 45.8 Å². The predicted molar refractivity (Wildman–Crippen MR) is 54.9 cm³/mol. The Hall–Kier alpha value is -0.380. The normalized spacial score (nSPS) is 27.1. The second-order valence-corrected chi connectivity index (χ2v) is 3.95. The van der Waals surface area contributed by atoms with E-state index in [0.717, 1.165) is 25.7 Å². The minimum absolute atomic E-state index is 0.821. The van der Waals surface area contributed by atoms with Crippen LogP contribution in [-0.4, -0.2) is 61.7 Å². The molecule has 2 rings (SSSR count). The van der Waals surface area contributed by atoms with Gasteiger partial charge < -0.3 is 5.32 Å². The van der Waals surface area contributed by atoms with E-state index in [-0.39, 0.29) is 0 Å². The Morgan fingerprint density at radius 3 is 2.62 bits per heavy atom. The van der Waals surface area contributed by atoms with E-state index >= 15 is 0 Å². The standard InChI is InChI=1S/C10H19N3/c1-2-5-12-8-10(9-12)13-6-3-11-4-7-13/h2,10-11H,1,3-9H2. The Bertz CT molecular complexity index is 169. The molecule has 0 spiro atoms. The summed E-state index contributed by atoms with van der Waals surface area (Å²) in [4.78, 5) is 5.05. The minimum atomic E-state index is 0.821. The van der Waals surface area contributed by atoms with Gasteiger partial charge in [0.15, 0.2) is 0 Å². The highest BCUT2D eigenvalue weighted by molar-refractivity contribution is 4.92. The molecule has 2 aliphatic heterocycles. The van der Waals surface area contributed by atoms with Gasteiger partial charge in [0, 0.05) is 51.9 Å². The molecule has 0 bridgehead atoms. The third-order valence-corrected chi connectivity index (χ3v) is 2.99. The Morgan fingerprint density at radius 2 is 2.00 bits per heavy atom. The molecule has 0 aromatic rings.